The quantitative estimate of drug-likeness (QED) is 0.779. The molecule has 0 spiro atoms. The molecule has 0 saturated heterocycles. The Morgan fingerprint density at radius 3 is 2.06 bits per heavy atom. The molecule has 0 unspecified atom stereocenters. The SMILES string of the molecule is COP(=O)(CCc1ccc(CO)cc1)OC. The molecule has 16 heavy (non-hydrogen) atoms. The third kappa shape index (κ3) is 3.72. The molecule has 1 N–H and O–H groups in total. The van der Waals surface area contributed by atoms with Crippen LogP contribution in [0.5, 0.6) is 0 Å². The Bertz CT molecular complexity index is 353. The molecule has 0 radical (unpaired) electrons. The maximum Gasteiger partial charge on any atom is 0.330 e. The van der Waals surface area contributed by atoms with Gasteiger partial charge in [0.1, 0.15) is 0 Å². The average Bonchev–Trinajstić information content (AvgIpc) is 2.36. The van der Waals surface area contributed by atoms with E-state index in [2.05, 4.69) is 0 Å². The van der Waals surface area contributed by atoms with Crippen LogP contribution in [-0.4, -0.2) is 25.5 Å². The van der Waals surface area contributed by atoms with Gasteiger partial charge >= 0.3 is 7.60 Å². The Morgan fingerprint density at radius 1 is 1.12 bits per heavy atom. The lowest BCUT2D eigenvalue weighted by atomic mass is 10.1. The first-order valence-electron chi connectivity index (χ1n) is 5.03. The number of hydrogen-bond acceptors (Lipinski definition) is 4. The van der Waals surface area contributed by atoms with E-state index < -0.39 is 7.60 Å². The van der Waals surface area contributed by atoms with Crippen LogP contribution in [0.25, 0.3) is 0 Å². The van der Waals surface area contributed by atoms with E-state index in [0.717, 1.165) is 11.1 Å². The van der Waals surface area contributed by atoms with Gasteiger partial charge in [0.15, 0.2) is 0 Å². The van der Waals surface area contributed by atoms with Crippen LogP contribution in [0.4, 0.5) is 0 Å². The van der Waals surface area contributed by atoms with Gasteiger partial charge < -0.3 is 14.2 Å². The van der Waals surface area contributed by atoms with Crippen LogP contribution in [0.2, 0.25) is 0 Å². The zero-order valence-corrected chi connectivity index (χ0v) is 10.4. The Balaban J connectivity index is 2.57. The van der Waals surface area contributed by atoms with Gasteiger partial charge in [-0.25, -0.2) is 0 Å². The van der Waals surface area contributed by atoms with Crippen LogP contribution in [0.3, 0.4) is 0 Å². The molecule has 90 valence electrons. The molecule has 1 rings (SSSR count). The van der Waals surface area contributed by atoms with Crippen molar-refractivity contribution in [3.05, 3.63) is 35.4 Å². The van der Waals surface area contributed by atoms with Crippen molar-refractivity contribution in [1.29, 1.82) is 0 Å². The smallest absolute Gasteiger partial charge is 0.330 e. The van der Waals surface area contributed by atoms with Crippen molar-refractivity contribution in [3.8, 4) is 0 Å². The molecule has 0 amide bonds. The number of aryl methyl sites for hydroxylation is 1. The van der Waals surface area contributed by atoms with Gasteiger partial charge in [-0.3, -0.25) is 4.57 Å². The molecule has 0 aliphatic rings. The van der Waals surface area contributed by atoms with Gasteiger partial charge in [0.25, 0.3) is 0 Å². The molecule has 0 saturated carbocycles. The average molecular weight is 244 g/mol. The van der Waals surface area contributed by atoms with E-state index in [1.165, 1.54) is 14.2 Å². The summed E-state index contributed by atoms with van der Waals surface area (Å²) >= 11 is 0. The molecule has 0 aliphatic carbocycles. The van der Waals surface area contributed by atoms with Gasteiger partial charge in [-0.15, -0.1) is 0 Å². The van der Waals surface area contributed by atoms with Crippen LogP contribution < -0.4 is 0 Å². The zero-order valence-electron chi connectivity index (χ0n) is 9.55. The molecular weight excluding hydrogens is 227 g/mol. The number of benzene rings is 1. The molecule has 1 aromatic carbocycles. The Morgan fingerprint density at radius 2 is 1.62 bits per heavy atom. The summed E-state index contributed by atoms with van der Waals surface area (Å²) in [6, 6.07) is 7.50. The predicted molar refractivity (Wildman–Crippen MR) is 62.6 cm³/mol. The van der Waals surface area contributed by atoms with E-state index in [1.54, 1.807) is 0 Å². The van der Waals surface area contributed by atoms with Crippen molar-refractivity contribution in [2.75, 3.05) is 20.4 Å². The van der Waals surface area contributed by atoms with E-state index in [1.807, 2.05) is 24.3 Å². The summed E-state index contributed by atoms with van der Waals surface area (Å²) in [4.78, 5) is 0. The summed E-state index contributed by atoms with van der Waals surface area (Å²) in [5.74, 6) is 0. The summed E-state index contributed by atoms with van der Waals surface area (Å²) < 4.78 is 21.5. The minimum Gasteiger partial charge on any atom is -0.392 e. The third-order valence-corrected chi connectivity index (χ3v) is 4.32. The fourth-order valence-electron chi connectivity index (χ4n) is 1.33. The van der Waals surface area contributed by atoms with E-state index in [4.69, 9.17) is 14.2 Å². The second kappa shape index (κ2) is 6.16. The standard InChI is InChI=1S/C11H17O4P/c1-14-16(13,15-2)8-7-10-3-5-11(9-12)6-4-10/h3-6,12H,7-9H2,1-2H3. The summed E-state index contributed by atoms with van der Waals surface area (Å²) in [5.41, 5.74) is 1.91. The number of rotatable bonds is 6. The fraction of sp³-hybridized carbons (Fsp3) is 0.455. The Hall–Kier alpha value is -0.670. The second-order valence-electron chi connectivity index (χ2n) is 3.42. The molecule has 0 heterocycles. The first-order chi connectivity index (χ1) is 7.63. The molecule has 0 atom stereocenters. The molecular formula is C11H17O4P. The van der Waals surface area contributed by atoms with Crippen molar-refractivity contribution < 1.29 is 18.7 Å². The Kier molecular flexibility index (Phi) is 5.16. The van der Waals surface area contributed by atoms with E-state index in [9.17, 15) is 4.57 Å². The first kappa shape index (κ1) is 13.4. The van der Waals surface area contributed by atoms with Crippen LogP contribution >= 0.6 is 7.60 Å². The van der Waals surface area contributed by atoms with Gasteiger partial charge in [0.2, 0.25) is 0 Å². The van der Waals surface area contributed by atoms with Gasteiger partial charge in [-0.05, 0) is 17.5 Å². The van der Waals surface area contributed by atoms with Crippen LogP contribution in [0.1, 0.15) is 11.1 Å². The summed E-state index contributed by atoms with van der Waals surface area (Å²) in [7, 11) is -0.139. The lowest BCUT2D eigenvalue weighted by Crippen LogP contribution is -1.98. The summed E-state index contributed by atoms with van der Waals surface area (Å²) in [6.45, 7) is 0.0366. The highest BCUT2D eigenvalue weighted by Gasteiger charge is 2.20. The van der Waals surface area contributed by atoms with Gasteiger partial charge in [0.05, 0.1) is 12.8 Å². The van der Waals surface area contributed by atoms with Crippen molar-refractivity contribution in [2.24, 2.45) is 0 Å². The third-order valence-electron chi connectivity index (χ3n) is 2.44. The van der Waals surface area contributed by atoms with E-state index >= 15 is 0 Å². The minimum absolute atomic E-state index is 0.0366. The van der Waals surface area contributed by atoms with Gasteiger partial charge in [0, 0.05) is 14.2 Å². The normalized spacial score (nSPS) is 11.7. The maximum absolute atomic E-state index is 11.8. The van der Waals surface area contributed by atoms with Crippen molar-refractivity contribution in [2.45, 2.75) is 13.0 Å². The minimum atomic E-state index is -2.91. The van der Waals surface area contributed by atoms with Gasteiger partial charge in [-0.1, -0.05) is 24.3 Å². The summed E-state index contributed by atoms with van der Waals surface area (Å²) in [5, 5.41) is 8.88. The zero-order chi connectivity index (χ0) is 12.0. The molecule has 0 aromatic heterocycles. The number of hydrogen-bond donors (Lipinski definition) is 1. The Labute approximate surface area is 95.7 Å². The lowest BCUT2D eigenvalue weighted by molar-refractivity contribution is 0.276. The van der Waals surface area contributed by atoms with Gasteiger partial charge in [-0.2, -0.15) is 0 Å². The topological polar surface area (TPSA) is 55.8 Å². The molecule has 0 bridgehead atoms. The molecule has 0 fully saturated rings. The van der Waals surface area contributed by atoms with Crippen molar-refractivity contribution in [1.82, 2.24) is 0 Å². The molecule has 0 aliphatic heterocycles. The molecule has 5 heteroatoms. The predicted octanol–water partition coefficient (Wildman–Crippen LogP) is 2.21. The second-order valence-corrected chi connectivity index (χ2v) is 5.82. The van der Waals surface area contributed by atoms with E-state index in [0.29, 0.717) is 12.6 Å². The van der Waals surface area contributed by atoms with Crippen LogP contribution in [0.15, 0.2) is 24.3 Å². The molecule has 4 nitrogen and oxygen atoms in total. The summed E-state index contributed by atoms with van der Waals surface area (Å²) in [6.07, 6.45) is 0.989. The number of aliphatic hydroxyl groups is 1. The largest absolute Gasteiger partial charge is 0.392 e. The van der Waals surface area contributed by atoms with Crippen molar-refractivity contribution >= 4 is 7.60 Å². The fourth-order valence-corrected chi connectivity index (χ4v) is 2.38. The van der Waals surface area contributed by atoms with Crippen LogP contribution in [0, 0.1) is 0 Å². The lowest BCUT2D eigenvalue weighted by Gasteiger charge is -2.13. The van der Waals surface area contributed by atoms with Crippen LogP contribution in [-0.2, 0) is 26.6 Å². The highest BCUT2D eigenvalue weighted by atomic mass is 31.2. The van der Waals surface area contributed by atoms with E-state index in [-0.39, 0.29) is 6.61 Å². The monoisotopic (exact) mass is 244 g/mol. The number of aliphatic hydroxyl groups excluding tert-OH is 1. The first-order valence-corrected chi connectivity index (χ1v) is 6.75. The highest BCUT2D eigenvalue weighted by molar-refractivity contribution is 7.53. The highest BCUT2D eigenvalue weighted by Crippen LogP contribution is 2.46. The maximum atomic E-state index is 11.8. The van der Waals surface area contributed by atoms with Crippen molar-refractivity contribution in [3.63, 3.8) is 0 Å². The molecule has 1 aromatic rings.